The lowest BCUT2D eigenvalue weighted by Crippen LogP contribution is -2.48. The molecule has 0 saturated carbocycles. The molecule has 1 saturated heterocycles. The molecule has 0 spiro atoms. The Morgan fingerprint density at radius 2 is 2.20 bits per heavy atom. The first-order valence-corrected chi connectivity index (χ1v) is 6.74. The molecule has 2 aromatic rings. The van der Waals surface area contributed by atoms with E-state index in [0.29, 0.717) is 31.9 Å². The predicted octanol–water partition coefficient (Wildman–Crippen LogP) is 1.03. The van der Waals surface area contributed by atoms with Crippen molar-refractivity contribution in [3.63, 3.8) is 0 Å². The van der Waals surface area contributed by atoms with Crippen LogP contribution in [0.25, 0.3) is 10.9 Å². The highest BCUT2D eigenvalue weighted by atomic mass is 16.5. The Morgan fingerprint density at radius 3 is 3.05 bits per heavy atom. The van der Waals surface area contributed by atoms with Gasteiger partial charge in [-0.15, -0.1) is 0 Å². The Labute approximate surface area is 117 Å². The highest BCUT2D eigenvalue weighted by Gasteiger charge is 2.24. The molecule has 0 bridgehead atoms. The van der Waals surface area contributed by atoms with Crippen molar-refractivity contribution in [2.75, 3.05) is 26.2 Å². The molecule has 1 aliphatic heterocycles. The summed E-state index contributed by atoms with van der Waals surface area (Å²) in [6.07, 6.45) is -0.0758. The molecule has 5 heteroatoms. The highest BCUT2D eigenvalue weighted by Crippen LogP contribution is 2.14. The quantitative estimate of drug-likeness (QED) is 0.886. The third-order valence-electron chi connectivity index (χ3n) is 3.51. The lowest BCUT2D eigenvalue weighted by Gasteiger charge is -2.32. The normalized spacial score (nSPS) is 19.2. The molecule has 0 aliphatic carbocycles. The van der Waals surface area contributed by atoms with Crippen molar-refractivity contribution < 1.29 is 9.53 Å². The standard InChI is InChI=1S/C15H17N3O2/c16-9-12-10-18(7-8-20-12)15(19)14-6-5-11-3-1-2-4-13(11)17-14/h1-6,12H,7-10,16H2/t12-/m1/s1. The summed E-state index contributed by atoms with van der Waals surface area (Å²) in [6.45, 7) is 2.07. The number of hydrogen-bond donors (Lipinski definition) is 1. The van der Waals surface area contributed by atoms with Gasteiger partial charge >= 0.3 is 0 Å². The number of para-hydroxylation sites is 1. The molecule has 2 heterocycles. The second-order valence-electron chi connectivity index (χ2n) is 4.87. The molecular formula is C15H17N3O2. The number of carbonyl (C=O) groups is 1. The van der Waals surface area contributed by atoms with E-state index in [0.717, 1.165) is 10.9 Å². The number of ether oxygens (including phenoxy) is 1. The molecule has 2 N–H and O–H groups in total. The van der Waals surface area contributed by atoms with Crippen molar-refractivity contribution >= 4 is 16.8 Å². The van der Waals surface area contributed by atoms with Crippen LogP contribution in [0.15, 0.2) is 36.4 Å². The summed E-state index contributed by atoms with van der Waals surface area (Å²) in [4.78, 5) is 18.7. The monoisotopic (exact) mass is 271 g/mol. The highest BCUT2D eigenvalue weighted by molar-refractivity contribution is 5.95. The number of rotatable bonds is 2. The summed E-state index contributed by atoms with van der Waals surface area (Å²) in [5, 5.41) is 1.03. The fourth-order valence-electron chi connectivity index (χ4n) is 2.39. The number of amides is 1. The van der Waals surface area contributed by atoms with Gasteiger partial charge in [-0.25, -0.2) is 4.98 Å². The Kier molecular flexibility index (Phi) is 3.62. The zero-order valence-electron chi connectivity index (χ0n) is 11.2. The number of aromatic nitrogens is 1. The predicted molar refractivity (Wildman–Crippen MR) is 76.4 cm³/mol. The van der Waals surface area contributed by atoms with Crippen molar-refractivity contribution in [3.8, 4) is 0 Å². The molecule has 5 nitrogen and oxygen atoms in total. The maximum absolute atomic E-state index is 12.5. The Hall–Kier alpha value is -1.98. The zero-order chi connectivity index (χ0) is 13.9. The molecule has 1 aromatic heterocycles. The number of fused-ring (bicyclic) bond motifs is 1. The lowest BCUT2D eigenvalue weighted by molar-refractivity contribution is -0.0169. The van der Waals surface area contributed by atoms with Crippen LogP contribution in [0.3, 0.4) is 0 Å². The smallest absolute Gasteiger partial charge is 0.272 e. The van der Waals surface area contributed by atoms with Crippen molar-refractivity contribution in [3.05, 3.63) is 42.1 Å². The van der Waals surface area contributed by atoms with Crippen LogP contribution >= 0.6 is 0 Å². The lowest BCUT2D eigenvalue weighted by atomic mass is 10.2. The molecule has 20 heavy (non-hydrogen) atoms. The Morgan fingerprint density at radius 1 is 1.35 bits per heavy atom. The number of hydrogen-bond acceptors (Lipinski definition) is 4. The molecule has 104 valence electrons. The van der Waals surface area contributed by atoms with Crippen LogP contribution in [0.2, 0.25) is 0 Å². The van der Waals surface area contributed by atoms with Crippen LogP contribution in [0.1, 0.15) is 10.5 Å². The van der Waals surface area contributed by atoms with E-state index < -0.39 is 0 Å². The van der Waals surface area contributed by atoms with E-state index in [1.54, 1.807) is 11.0 Å². The first-order chi connectivity index (χ1) is 9.78. The zero-order valence-corrected chi connectivity index (χ0v) is 11.2. The second kappa shape index (κ2) is 5.56. The topological polar surface area (TPSA) is 68.5 Å². The van der Waals surface area contributed by atoms with Crippen molar-refractivity contribution in [1.29, 1.82) is 0 Å². The van der Waals surface area contributed by atoms with Crippen molar-refractivity contribution in [2.24, 2.45) is 5.73 Å². The molecule has 1 amide bonds. The van der Waals surface area contributed by atoms with E-state index in [1.165, 1.54) is 0 Å². The van der Waals surface area contributed by atoms with Crippen LogP contribution in [0, 0.1) is 0 Å². The molecule has 1 aromatic carbocycles. The maximum atomic E-state index is 12.5. The average molecular weight is 271 g/mol. The first kappa shape index (κ1) is 13.0. The Balaban J connectivity index is 1.84. The van der Waals surface area contributed by atoms with Gasteiger partial charge in [-0.2, -0.15) is 0 Å². The van der Waals surface area contributed by atoms with Gasteiger partial charge in [0.05, 0.1) is 18.2 Å². The van der Waals surface area contributed by atoms with Crippen LogP contribution in [-0.2, 0) is 4.74 Å². The maximum Gasteiger partial charge on any atom is 0.272 e. The molecule has 0 radical (unpaired) electrons. The van der Waals surface area contributed by atoms with E-state index in [4.69, 9.17) is 10.5 Å². The number of nitrogens with zero attached hydrogens (tertiary/aromatic N) is 2. The Bertz CT molecular complexity index is 629. The van der Waals surface area contributed by atoms with Crippen LogP contribution < -0.4 is 5.73 Å². The fourth-order valence-corrected chi connectivity index (χ4v) is 2.39. The molecule has 1 aliphatic rings. The summed E-state index contributed by atoms with van der Waals surface area (Å²) < 4.78 is 5.47. The van der Waals surface area contributed by atoms with Gasteiger partial charge in [0.2, 0.25) is 0 Å². The summed E-state index contributed by atoms with van der Waals surface area (Å²) in [7, 11) is 0. The van der Waals surface area contributed by atoms with Gasteiger partial charge in [0.15, 0.2) is 0 Å². The van der Waals surface area contributed by atoms with Crippen molar-refractivity contribution in [2.45, 2.75) is 6.10 Å². The van der Waals surface area contributed by atoms with Crippen LogP contribution in [-0.4, -0.2) is 48.1 Å². The number of carbonyl (C=O) groups excluding carboxylic acids is 1. The average Bonchev–Trinajstić information content (AvgIpc) is 2.53. The third-order valence-corrected chi connectivity index (χ3v) is 3.51. The SMILES string of the molecule is NC[C@@H]1CN(C(=O)c2ccc3ccccc3n2)CCO1. The van der Waals surface area contributed by atoms with Gasteiger partial charge in [-0.3, -0.25) is 4.79 Å². The summed E-state index contributed by atoms with van der Waals surface area (Å²) in [6, 6.07) is 11.5. The number of nitrogens with two attached hydrogens (primary N) is 1. The summed E-state index contributed by atoms with van der Waals surface area (Å²) in [5.74, 6) is -0.0579. The fraction of sp³-hybridized carbons (Fsp3) is 0.333. The van der Waals surface area contributed by atoms with Crippen LogP contribution in [0.5, 0.6) is 0 Å². The largest absolute Gasteiger partial charge is 0.373 e. The summed E-state index contributed by atoms with van der Waals surface area (Å²) in [5.41, 5.74) is 6.91. The van der Waals surface area contributed by atoms with Crippen molar-refractivity contribution in [1.82, 2.24) is 9.88 Å². The minimum Gasteiger partial charge on any atom is -0.373 e. The third kappa shape index (κ3) is 2.50. The summed E-state index contributed by atoms with van der Waals surface area (Å²) >= 11 is 0. The molecule has 3 rings (SSSR count). The van der Waals surface area contributed by atoms with Gasteiger partial charge in [0, 0.05) is 25.0 Å². The van der Waals surface area contributed by atoms with E-state index in [2.05, 4.69) is 4.98 Å². The van der Waals surface area contributed by atoms with Crippen LogP contribution in [0.4, 0.5) is 0 Å². The van der Waals surface area contributed by atoms with E-state index in [1.807, 2.05) is 30.3 Å². The minimum absolute atomic E-state index is 0.0579. The second-order valence-corrected chi connectivity index (χ2v) is 4.87. The molecular weight excluding hydrogens is 254 g/mol. The number of benzene rings is 1. The van der Waals surface area contributed by atoms with Gasteiger partial charge < -0.3 is 15.4 Å². The van der Waals surface area contributed by atoms with E-state index in [9.17, 15) is 4.79 Å². The van der Waals surface area contributed by atoms with Gasteiger partial charge in [-0.05, 0) is 12.1 Å². The first-order valence-electron chi connectivity index (χ1n) is 6.74. The van der Waals surface area contributed by atoms with Gasteiger partial charge in [-0.1, -0.05) is 24.3 Å². The molecule has 1 atom stereocenters. The number of morpholine rings is 1. The van der Waals surface area contributed by atoms with Gasteiger partial charge in [0.1, 0.15) is 5.69 Å². The number of pyridine rings is 1. The molecule has 0 unspecified atom stereocenters. The van der Waals surface area contributed by atoms with E-state index >= 15 is 0 Å². The molecule has 1 fully saturated rings. The minimum atomic E-state index is -0.0758. The van der Waals surface area contributed by atoms with Gasteiger partial charge in [0.25, 0.3) is 5.91 Å². The van der Waals surface area contributed by atoms with E-state index in [-0.39, 0.29) is 12.0 Å².